The highest BCUT2D eigenvalue weighted by molar-refractivity contribution is 5.97. The van der Waals surface area contributed by atoms with E-state index in [9.17, 15) is 4.79 Å². The molecule has 28 heavy (non-hydrogen) atoms. The molecule has 6 nitrogen and oxygen atoms in total. The number of hydrogen-bond donors (Lipinski definition) is 0. The van der Waals surface area contributed by atoms with E-state index in [2.05, 4.69) is 17.1 Å². The molecule has 1 aromatic carbocycles. The number of benzene rings is 1. The maximum absolute atomic E-state index is 13.5. The predicted octanol–water partition coefficient (Wildman–Crippen LogP) is 3.37. The highest BCUT2D eigenvalue weighted by Crippen LogP contribution is 2.43. The molecule has 2 aliphatic carbocycles. The Morgan fingerprint density at radius 3 is 2.61 bits per heavy atom. The van der Waals surface area contributed by atoms with Crippen molar-refractivity contribution < 1.29 is 18.7 Å². The van der Waals surface area contributed by atoms with E-state index in [4.69, 9.17) is 13.9 Å². The van der Waals surface area contributed by atoms with Crippen LogP contribution in [0.15, 0.2) is 53.3 Å². The van der Waals surface area contributed by atoms with Crippen molar-refractivity contribution >= 4 is 5.91 Å². The molecule has 3 atom stereocenters. The molecule has 0 N–H and O–H groups in total. The van der Waals surface area contributed by atoms with Gasteiger partial charge >= 0.3 is 0 Å². The van der Waals surface area contributed by atoms with Gasteiger partial charge in [0.2, 0.25) is 0 Å². The second-order valence-corrected chi connectivity index (χ2v) is 7.82. The molecule has 1 saturated carbocycles. The van der Waals surface area contributed by atoms with Gasteiger partial charge in [0, 0.05) is 12.1 Å². The maximum Gasteiger partial charge on any atom is 0.276 e. The van der Waals surface area contributed by atoms with Crippen molar-refractivity contribution in [2.45, 2.75) is 19.1 Å². The van der Waals surface area contributed by atoms with Crippen molar-refractivity contribution in [2.24, 2.45) is 17.8 Å². The summed E-state index contributed by atoms with van der Waals surface area (Å²) in [5.74, 6) is 2.09. The second kappa shape index (κ2) is 7.53. The Bertz CT molecular complexity index is 856. The third-order valence-electron chi connectivity index (χ3n) is 6.02. The van der Waals surface area contributed by atoms with Crippen LogP contribution in [0.5, 0.6) is 0 Å². The van der Waals surface area contributed by atoms with E-state index in [0.29, 0.717) is 55.5 Å². The van der Waals surface area contributed by atoms with Crippen LogP contribution >= 0.6 is 0 Å². The first-order valence-corrected chi connectivity index (χ1v) is 9.97. The molecule has 146 valence electrons. The highest BCUT2D eigenvalue weighted by atomic mass is 16.7. The minimum atomic E-state index is -0.370. The lowest BCUT2D eigenvalue weighted by Gasteiger charge is -2.29. The molecule has 6 heteroatoms. The van der Waals surface area contributed by atoms with Crippen LogP contribution in [0, 0.1) is 17.8 Å². The molecule has 2 bridgehead atoms. The fraction of sp³-hybridized carbons (Fsp3) is 0.455. The number of nitrogens with zero attached hydrogens (tertiary/aromatic N) is 2. The van der Waals surface area contributed by atoms with Gasteiger partial charge in [-0.25, -0.2) is 4.98 Å². The largest absolute Gasteiger partial charge is 0.443 e. The van der Waals surface area contributed by atoms with Crippen LogP contribution in [0.2, 0.25) is 0 Å². The Morgan fingerprint density at radius 1 is 1.07 bits per heavy atom. The highest BCUT2D eigenvalue weighted by Gasteiger charge is 2.38. The van der Waals surface area contributed by atoms with E-state index < -0.39 is 0 Å². The second-order valence-electron chi connectivity index (χ2n) is 7.82. The summed E-state index contributed by atoms with van der Waals surface area (Å²) in [6.45, 7) is 2.25. The number of allylic oxidation sites excluding steroid dienone is 2. The Labute approximate surface area is 164 Å². The Balaban J connectivity index is 1.39. The number of fused-ring (bicyclic) bond motifs is 2. The van der Waals surface area contributed by atoms with Gasteiger partial charge in [-0.2, -0.15) is 0 Å². The molecule has 1 saturated heterocycles. The Hall–Kier alpha value is -2.44. The first kappa shape index (κ1) is 17.6. The summed E-state index contributed by atoms with van der Waals surface area (Å²) in [5.41, 5.74) is 1.20. The first-order valence-electron chi connectivity index (χ1n) is 9.97. The van der Waals surface area contributed by atoms with Gasteiger partial charge in [-0.05, 0) is 30.6 Å². The van der Waals surface area contributed by atoms with Crippen molar-refractivity contribution in [3.63, 3.8) is 0 Å². The minimum absolute atomic E-state index is 0.126. The quantitative estimate of drug-likeness (QED) is 0.719. The van der Waals surface area contributed by atoms with Crippen LogP contribution in [-0.2, 0) is 9.47 Å². The lowest BCUT2D eigenvalue weighted by molar-refractivity contribution is -0.0593. The number of amides is 1. The fourth-order valence-electron chi connectivity index (χ4n) is 4.66. The number of ether oxygens (including phenoxy) is 2. The lowest BCUT2D eigenvalue weighted by Crippen LogP contribution is -2.42. The van der Waals surface area contributed by atoms with Crippen LogP contribution in [0.4, 0.5) is 0 Å². The van der Waals surface area contributed by atoms with Crippen molar-refractivity contribution in [2.75, 3.05) is 26.3 Å². The zero-order valence-corrected chi connectivity index (χ0v) is 15.7. The third kappa shape index (κ3) is 3.38. The van der Waals surface area contributed by atoms with Gasteiger partial charge in [0.15, 0.2) is 24.1 Å². The number of rotatable bonds is 6. The van der Waals surface area contributed by atoms with Crippen LogP contribution in [0.25, 0.3) is 11.3 Å². The Kier molecular flexibility index (Phi) is 4.74. The topological polar surface area (TPSA) is 64.8 Å². The van der Waals surface area contributed by atoms with E-state index in [1.807, 2.05) is 35.2 Å². The average Bonchev–Trinajstić information content (AvgIpc) is 3.52. The molecular formula is C22H24N2O4. The number of hydrogen-bond acceptors (Lipinski definition) is 5. The van der Waals surface area contributed by atoms with Crippen LogP contribution in [-0.4, -0.2) is 48.4 Å². The first-order chi connectivity index (χ1) is 13.8. The summed E-state index contributed by atoms with van der Waals surface area (Å²) in [4.78, 5) is 19.6. The average molecular weight is 380 g/mol. The summed E-state index contributed by atoms with van der Waals surface area (Å²) in [5, 5.41) is 0. The molecule has 0 radical (unpaired) electrons. The van der Waals surface area contributed by atoms with Gasteiger partial charge in [-0.3, -0.25) is 4.79 Å². The van der Waals surface area contributed by atoms with E-state index in [1.54, 1.807) is 0 Å². The summed E-state index contributed by atoms with van der Waals surface area (Å²) in [6, 6.07) is 9.62. The molecule has 2 heterocycles. The van der Waals surface area contributed by atoms with E-state index in [0.717, 1.165) is 12.0 Å². The molecule has 1 aliphatic heterocycles. The zero-order valence-electron chi connectivity index (χ0n) is 15.7. The molecule has 1 aromatic heterocycles. The summed E-state index contributed by atoms with van der Waals surface area (Å²) < 4.78 is 16.8. The van der Waals surface area contributed by atoms with Crippen molar-refractivity contribution in [1.82, 2.24) is 9.88 Å². The van der Waals surface area contributed by atoms with Crippen molar-refractivity contribution in [3.05, 3.63) is 54.6 Å². The summed E-state index contributed by atoms with van der Waals surface area (Å²) >= 11 is 0. The van der Waals surface area contributed by atoms with E-state index in [1.165, 1.54) is 12.8 Å². The molecule has 5 rings (SSSR count). The molecule has 3 aliphatic rings. The Morgan fingerprint density at radius 2 is 1.89 bits per heavy atom. The monoisotopic (exact) mass is 380 g/mol. The standard InChI is InChI=1S/C22H24N2O4/c25-22(20-21(28-14-23-20)16-4-2-1-3-5-16)24(13-19-26-8-9-27-19)12-18-11-15-6-7-17(18)10-15/h1-7,14-15,17-19H,8-13H2/t15-,17+,18+/m1/s1. The molecule has 0 unspecified atom stereocenters. The normalized spacial score (nSPS) is 26.2. The van der Waals surface area contributed by atoms with Gasteiger partial charge in [0.05, 0.1) is 19.8 Å². The van der Waals surface area contributed by atoms with Crippen LogP contribution < -0.4 is 0 Å². The van der Waals surface area contributed by atoms with Gasteiger partial charge < -0.3 is 18.8 Å². The van der Waals surface area contributed by atoms with Gasteiger partial charge in [0.1, 0.15) is 0 Å². The predicted molar refractivity (Wildman–Crippen MR) is 102 cm³/mol. The van der Waals surface area contributed by atoms with E-state index >= 15 is 0 Å². The lowest BCUT2D eigenvalue weighted by atomic mass is 9.93. The third-order valence-corrected chi connectivity index (χ3v) is 6.02. The number of carbonyl (C=O) groups excluding carboxylic acids is 1. The minimum Gasteiger partial charge on any atom is -0.443 e. The summed E-state index contributed by atoms with van der Waals surface area (Å²) in [7, 11) is 0. The molecular weight excluding hydrogens is 356 g/mol. The van der Waals surface area contributed by atoms with Crippen LogP contribution in [0.1, 0.15) is 23.3 Å². The molecule has 1 amide bonds. The zero-order chi connectivity index (χ0) is 18.9. The SMILES string of the molecule is O=C(c1ncoc1-c1ccccc1)N(CC1OCCO1)C[C@@H]1C[C@@H]2C=C[C@H]1C2. The van der Waals surface area contributed by atoms with E-state index in [-0.39, 0.29) is 12.2 Å². The number of carbonyl (C=O) groups is 1. The molecule has 2 fully saturated rings. The number of oxazole rings is 1. The smallest absolute Gasteiger partial charge is 0.276 e. The van der Waals surface area contributed by atoms with Crippen LogP contribution in [0.3, 0.4) is 0 Å². The van der Waals surface area contributed by atoms with Gasteiger partial charge in [-0.15, -0.1) is 0 Å². The van der Waals surface area contributed by atoms with Gasteiger partial charge in [-0.1, -0.05) is 42.5 Å². The molecule has 0 spiro atoms. The van der Waals surface area contributed by atoms with Gasteiger partial charge in [0.25, 0.3) is 5.91 Å². The fourth-order valence-corrected chi connectivity index (χ4v) is 4.66. The van der Waals surface area contributed by atoms with Crippen molar-refractivity contribution in [3.8, 4) is 11.3 Å². The summed E-state index contributed by atoms with van der Waals surface area (Å²) in [6.07, 6.45) is 7.96. The maximum atomic E-state index is 13.5. The molecule has 2 aromatic rings. The van der Waals surface area contributed by atoms with Crippen molar-refractivity contribution in [1.29, 1.82) is 0 Å². The number of aromatic nitrogens is 1.